The Morgan fingerprint density at radius 1 is 1.50 bits per heavy atom. The predicted molar refractivity (Wildman–Crippen MR) is 82.4 cm³/mol. The van der Waals surface area contributed by atoms with E-state index in [4.69, 9.17) is 11.6 Å². The van der Waals surface area contributed by atoms with E-state index in [1.165, 1.54) is 30.6 Å². The topological polar surface area (TPSA) is 12.0 Å². The molecule has 0 radical (unpaired) electrons. The first-order valence-electron chi connectivity index (χ1n) is 6.90. The molecule has 2 aliphatic carbocycles. The lowest BCUT2D eigenvalue weighted by Gasteiger charge is -2.19. The number of rotatable bonds is 5. The molecule has 4 heteroatoms. The summed E-state index contributed by atoms with van der Waals surface area (Å²) < 4.78 is 1.94. The molecule has 2 fully saturated rings. The van der Waals surface area contributed by atoms with Crippen LogP contribution in [-0.2, 0) is 0 Å². The Hall–Kier alpha value is 0.430. The molecule has 3 atom stereocenters. The molecule has 100 valence electrons. The van der Waals surface area contributed by atoms with Gasteiger partial charge in [0.1, 0.15) is 4.34 Å². The van der Waals surface area contributed by atoms with Gasteiger partial charge in [-0.25, -0.2) is 0 Å². The van der Waals surface area contributed by atoms with E-state index in [1.54, 1.807) is 11.3 Å². The van der Waals surface area contributed by atoms with Crippen molar-refractivity contribution in [1.29, 1.82) is 0 Å². The van der Waals surface area contributed by atoms with Crippen molar-refractivity contribution in [2.75, 3.05) is 6.54 Å². The number of nitrogens with one attached hydrogen (secondary N) is 1. The molecule has 3 unspecified atom stereocenters. The highest BCUT2D eigenvalue weighted by Gasteiger charge is 2.56. The molecule has 0 spiro atoms. The lowest BCUT2D eigenvalue weighted by molar-refractivity contribution is 0.423. The van der Waals surface area contributed by atoms with Gasteiger partial charge in [-0.3, -0.25) is 0 Å². The molecule has 1 heterocycles. The van der Waals surface area contributed by atoms with Gasteiger partial charge in [0.15, 0.2) is 0 Å². The van der Waals surface area contributed by atoms with Crippen LogP contribution < -0.4 is 5.32 Å². The molecular weight excluding hydrogens is 330 g/mol. The average molecular weight is 349 g/mol. The summed E-state index contributed by atoms with van der Waals surface area (Å²) in [5.74, 6) is 2.84. The van der Waals surface area contributed by atoms with Crippen molar-refractivity contribution in [2.24, 2.45) is 17.8 Å². The molecule has 2 saturated carbocycles. The fraction of sp³-hybridized carbons (Fsp3) is 0.714. The highest BCUT2D eigenvalue weighted by molar-refractivity contribution is 9.10. The monoisotopic (exact) mass is 347 g/mol. The van der Waals surface area contributed by atoms with E-state index in [0.29, 0.717) is 6.04 Å². The van der Waals surface area contributed by atoms with Crippen LogP contribution in [0.5, 0.6) is 0 Å². The van der Waals surface area contributed by atoms with Crippen LogP contribution in [0, 0.1) is 17.8 Å². The van der Waals surface area contributed by atoms with Gasteiger partial charge in [0, 0.05) is 15.4 Å². The van der Waals surface area contributed by atoms with Crippen molar-refractivity contribution in [1.82, 2.24) is 5.32 Å². The lowest BCUT2D eigenvalue weighted by atomic mass is 10.0. The van der Waals surface area contributed by atoms with Crippen molar-refractivity contribution in [3.63, 3.8) is 0 Å². The van der Waals surface area contributed by atoms with Gasteiger partial charge >= 0.3 is 0 Å². The minimum Gasteiger partial charge on any atom is -0.309 e. The van der Waals surface area contributed by atoms with Crippen LogP contribution in [0.15, 0.2) is 10.5 Å². The van der Waals surface area contributed by atoms with E-state index >= 15 is 0 Å². The molecule has 2 aliphatic rings. The van der Waals surface area contributed by atoms with Gasteiger partial charge in [0.25, 0.3) is 0 Å². The van der Waals surface area contributed by atoms with Crippen LogP contribution in [0.3, 0.4) is 0 Å². The van der Waals surface area contributed by atoms with Crippen LogP contribution >= 0.6 is 38.9 Å². The second-order valence-electron chi connectivity index (χ2n) is 5.54. The number of thiophene rings is 1. The van der Waals surface area contributed by atoms with Gasteiger partial charge in [0.05, 0.1) is 0 Å². The van der Waals surface area contributed by atoms with Crippen molar-refractivity contribution < 1.29 is 0 Å². The van der Waals surface area contributed by atoms with Gasteiger partial charge in [-0.05, 0) is 65.6 Å². The maximum atomic E-state index is 6.20. The Kier molecular flexibility index (Phi) is 4.05. The van der Waals surface area contributed by atoms with Crippen molar-refractivity contribution in [3.8, 4) is 0 Å². The predicted octanol–water partition coefficient (Wildman–Crippen LogP) is 5.25. The number of hydrogen-bond acceptors (Lipinski definition) is 2. The highest BCUT2D eigenvalue weighted by Crippen LogP contribution is 2.62. The summed E-state index contributed by atoms with van der Waals surface area (Å²) in [5.41, 5.74) is 0. The van der Waals surface area contributed by atoms with Crippen LogP contribution in [0.1, 0.15) is 43.5 Å². The van der Waals surface area contributed by atoms with Crippen LogP contribution in [0.25, 0.3) is 0 Å². The van der Waals surface area contributed by atoms with Gasteiger partial charge in [0.2, 0.25) is 0 Å². The molecule has 0 saturated heterocycles. The lowest BCUT2D eigenvalue weighted by Crippen LogP contribution is -2.24. The quantitative estimate of drug-likeness (QED) is 0.766. The minimum absolute atomic E-state index is 0.536. The summed E-state index contributed by atoms with van der Waals surface area (Å²) in [4.78, 5) is 1.42. The molecule has 3 rings (SSSR count). The zero-order valence-corrected chi connectivity index (χ0v) is 13.7. The summed E-state index contributed by atoms with van der Waals surface area (Å²) in [6, 6.07) is 2.75. The summed E-state index contributed by atoms with van der Waals surface area (Å²) in [6.07, 6.45) is 5.53. The van der Waals surface area contributed by atoms with E-state index < -0.39 is 0 Å². The molecule has 1 N–H and O–H groups in total. The third-order valence-electron chi connectivity index (χ3n) is 4.44. The second kappa shape index (κ2) is 5.43. The third kappa shape index (κ3) is 2.39. The summed E-state index contributed by atoms with van der Waals surface area (Å²) in [6.45, 7) is 3.34. The largest absolute Gasteiger partial charge is 0.309 e. The molecule has 1 nitrogen and oxygen atoms in total. The van der Waals surface area contributed by atoms with E-state index in [9.17, 15) is 0 Å². The molecule has 18 heavy (non-hydrogen) atoms. The van der Waals surface area contributed by atoms with E-state index in [-0.39, 0.29) is 0 Å². The van der Waals surface area contributed by atoms with Crippen molar-refractivity contribution in [2.45, 2.75) is 38.6 Å². The van der Waals surface area contributed by atoms with E-state index in [0.717, 1.165) is 33.1 Å². The molecule has 0 aliphatic heterocycles. The van der Waals surface area contributed by atoms with E-state index in [2.05, 4.69) is 34.2 Å². The number of hydrogen-bond donors (Lipinski definition) is 1. The maximum absolute atomic E-state index is 6.20. The molecule has 1 aromatic rings. The van der Waals surface area contributed by atoms with Gasteiger partial charge in [-0.15, -0.1) is 11.3 Å². The average Bonchev–Trinajstić information content (AvgIpc) is 2.72. The van der Waals surface area contributed by atoms with Gasteiger partial charge in [-0.2, -0.15) is 0 Å². The molecule has 0 bridgehead atoms. The van der Waals surface area contributed by atoms with Crippen LogP contribution in [0.4, 0.5) is 0 Å². The third-order valence-corrected chi connectivity index (χ3v) is 7.00. The minimum atomic E-state index is 0.536. The fourth-order valence-electron chi connectivity index (χ4n) is 3.61. The van der Waals surface area contributed by atoms with Crippen LogP contribution in [-0.4, -0.2) is 6.54 Å². The zero-order chi connectivity index (χ0) is 12.7. The fourth-order valence-corrected chi connectivity index (χ4v) is 5.48. The molecule has 1 aromatic heterocycles. The maximum Gasteiger partial charge on any atom is 0.107 e. The smallest absolute Gasteiger partial charge is 0.107 e. The Bertz CT molecular complexity index is 404. The Balaban J connectivity index is 1.77. The van der Waals surface area contributed by atoms with Crippen molar-refractivity contribution in [3.05, 3.63) is 19.8 Å². The first-order valence-corrected chi connectivity index (χ1v) is 8.89. The van der Waals surface area contributed by atoms with Gasteiger partial charge in [-0.1, -0.05) is 24.9 Å². The first kappa shape index (κ1) is 13.4. The molecular formula is C14H19BrClNS. The standard InChI is InChI=1S/C14H19BrClNS/c1-2-6-17-13(11-7-10(15)14(16)18-11)12-8-4-3-5-9(8)12/h7-9,12-13,17H,2-6H2,1H3. The number of halogens is 2. The second-order valence-corrected chi connectivity index (χ2v) is 8.08. The molecule has 0 aromatic carbocycles. The Morgan fingerprint density at radius 3 is 2.78 bits per heavy atom. The van der Waals surface area contributed by atoms with Gasteiger partial charge < -0.3 is 5.32 Å². The first-order chi connectivity index (χ1) is 8.72. The molecule has 0 amide bonds. The van der Waals surface area contributed by atoms with Crippen LogP contribution in [0.2, 0.25) is 4.34 Å². The Morgan fingerprint density at radius 2 is 2.22 bits per heavy atom. The highest BCUT2D eigenvalue weighted by atomic mass is 79.9. The normalized spacial score (nSPS) is 31.4. The van der Waals surface area contributed by atoms with Crippen molar-refractivity contribution >= 4 is 38.9 Å². The SMILES string of the molecule is CCCNC(c1cc(Br)c(Cl)s1)C1C2CCCC21. The zero-order valence-electron chi connectivity index (χ0n) is 10.6. The van der Waals surface area contributed by atoms with E-state index in [1.807, 2.05) is 0 Å². The summed E-state index contributed by atoms with van der Waals surface area (Å²) in [5, 5.41) is 3.75. The Labute approximate surface area is 126 Å². The number of fused-ring (bicyclic) bond motifs is 1. The summed E-state index contributed by atoms with van der Waals surface area (Å²) >= 11 is 11.5. The summed E-state index contributed by atoms with van der Waals surface area (Å²) in [7, 11) is 0.